The fraction of sp³-hybridized carbons (Fsp3) is 0.167. The first-order valence-corrected chi connectivity index (χ1v) is 4.86. The molecule has 5 nitrogen and oxygen atoms in total. The van der Waals surface area contributed by atoms with Gasteiger partial charge in [-0.3, -0.25) is 4.98 Å². The third-order valence-electron chi connectivity index (χ3n) is 1.82. The van der Waals surface area contributed by atoms with Gasteiger partial charge in [0.1, 0.15) is 17.7 Å². The van der Waals surface area contributed by atoms with Gasteiger partial charge in [-0.2, -0.15) is 10.5 Å². The molecule has 1 aromatic heterocycles. The van der Waals surface area contributed by atoms with Gasteiger partial charge in [-0.1, -0.05) is 0 Å². The van der Waals surface area contributed by atoms with E-state index in [4.69, 9.17) is 15.3 Å². The van der Waals surface area contributed by atoms with Crippen molar-refractivity contribution >= 4 is 12.0 Å². The summed E-state index contributed by atoms with van der Waals surface area (Å²) in [6.45, 7) is 1.87. The Hall–Kier alpha value is -2.66. The van der Waals surface area contributed by atoms with Crippen molar-refractivity contribution in [2.75, 3.05) is 6.61 Å². The second-order valence-corrected chi connectivity index (χ2v) is 2.97. The van der Waals surface area contributed by atoms with Crippen LogP contribution in [0.25, 0.3) is 6.08 Å². The Labute approximate surface area is 98.6 Å². The highest BCUT2D eigenvalue weighted by molar-refractivity contribution is 5.97. The van der Waals surface area contributed by atoms with Crippen LogP contribution in [0.2, 0.25) is 0 Å². The lowest BCUT2D eigenvalue weighted by atomic mass is 10.2. The molecule has 17 heavy (non-hydrogen) atoms. The molecule has 0 saturated heterocycles. The van der Waals surface area contributed by atoms with E-state index in [1.165, 1.54) is 12.3 Å². The number of nitriles is 2. The Kier molecular flexibility index (Phi) is 4.41. The second-order valence-electron chi connectivity index (χ2n) is 2.97. The van der Waals surface area contributed by atoms with Gasteiger partial charge in [-0.05, 0) is 25.1 Å². The maximum Gasteiger partial charge on any atom is 0.348 e. The molecule has 0 aliphatic carbocycles. The van der Waals surface area contributed by atoms with Crippen molar-refractivity contribution in [3.05, 3.63) is 35.2 Å². The number of ether oxygens (including phenoxy) is 1. The number of aromatic nitrogens is 1. The minimum absolute atomic E-state index is 0.121. The van der Waals surface area contributed by atoms with Crippen molar-refractivity contribution in [3.63, 3.8) is 0 Å². The van der Waals surface area contributed by atoms with Gasteiger partial charge in [0.25, 0.3) is 0 Å². The van der Waals surface area contributed by atoms with Crippen molar-refractivity contribution in [3.8, 4) is 12.1 Å². The molecule has 1 aromatic rings. The number of carbonyl (C=O) groups is 1. The Morgan fingerprint density at radius 1 is 1.53 bits per heavy atom. The highest BCUT2D eigenvalue weighted by Gasteiger charge is 2.09. The highest BCUT2D eigenvalue weighted by atomic mass is 16.5. The molecule has 1 rings (SSSR count). The van der Waals surface area contributed by atoms with Crippen molar-refractivity contribution in [1.29, 1.82) is 10.5 Å². The molecular formula is C12H9N3O2. The van der Waals surface area contributed by atoms with Crippen LogP contribution in [0.5, 0.6) is 0 Å². The number of pyridine rings is 1. The summed E-state index contributed by atoms with van der Waals surface area (Å²) in [5.41, 5.74) is 0.717. The molecule has 0 aliphatic heterocycles. The molecule has 1 heterocycles. The number of rotatable bonds is 3. The largest absolute Gasteiger partial charge is 0.462 e. The molecule has 0 atom stereocenters. The molecule has 0 spiro atoms. The first-order valence-electron chi connectivity index (χ1n) is 4.86. The first-order chi connectivity index (χ1) is 8.21. The summed E-state index contributed by atoms with van der Waals surface area (Å²) in [7, 11) is 0. The third kappa shape index (κ3) is 3.44. The SMILES string of the molecule is CCOC(=O)/C(C#N)=C\c1ccc(C#N)cn1. The summed E-state index contributed by atoms with van der Waals surface area (Å²) in [5, 5.41) is 17.4. The van der Waals surface area contributed by atoms with Gasteiger partial charge in [0.15, 0.2) is 0 Å². The minimum atomic E-state index is -0.679. The van der Waals surface area contributed by atoms with Gasteiger partial charge < -0.3 is 4.74 Å². The second kappa shape index (κ2) is 6.04. The van der Waals surface area contributed by atoms with Crippen LogP contribution in [0.1, 0.15) is 18.2 Å². The lowest BCUT2D eigenvalue weighted by molar-refractivity contribution is -0.137. The summed E-state index contributed by atoms with van der Waals surface area (Å²) >= 11 is 0. The van der Waals surface area contributed by atoms with Crippen molar-refractivity contribution < 1.29 is 9.53 Å². The van der Waals surface area contributed by atoms with Gasteiger partial charge in [-0.15, -0.1) is 0 Å². The third-order valence-corrected chi connectivity index (χ3v) is 1.82. The van der Waals surface area contributed by atoms with E-state index in [-0.39, 0.29) is 12.2 Å². The molecule has 0 saturated carbocycles. The molecule has 5 heteroatoms. The fourth-order valence-corrected chi connectivity index (χ4v) is 1.05. The zero-order valence-corrected chi connectivity index (χ0v) is 9.17. The Morgan fingerprint density at radius 2 is 2.29 bits per heavy atom. The Bertz CT molecular complexity index is 518. The summed E-state index contributed by atoms with van der Waals surface area (Å²) < 4.78 is 4.70. The number of hydrogen-bond donors (Lipinski definition) is 0. The fourth-order valence-electron chi connectivity index (χ4n) is 1.05. The van der Waals surface area contributed by atoms with E-state index < -0.39 is 5.97 Å². The molecule has 0 aliphatic rings. The summed E-state index contributed by atoms with van der Waals surface area (Å²) in [4.78, 5) is 15.2. The number of nitrogens with zero attached hydrogens (tertiary/aromatic N) is 3. The van der Waals surface area contributed by atoms with Gasteiger partial charge >= 0.3 is 5.97 Å². The average Bonchev–Trinajstić information content (AvgIpc) is 2.37. The van der Waals surface area contributed by atoms with Crippen molar-refractivity contribution in [2.24, 2.45) is 0 Å². The summed E-state index contributed by atoms with van der Waals surface area (Å²) in [6, 6.07) is 6.78. The van der Waals surface area contributed by atoms with E-state index in [0.29, 0.717) is 11.3 Å². The molecular weight excluding hydrogens is 218 g/mol. The summed E-state index contributed by atoms with van der Waals surface area (Å²) in [5.74, 6) is -0.679. The molecule has 0 fully saturated rings. The number of carbonyl (C=O) groups excluding carboxylic acids is 1. The van der Waals surface area contributed by atoms with Crippen molar-refractivity contribution in [1.82, 2.24) is 4.98 Å². The average molecular weight is 227 g/mol. The van der Waals surface area contributed by atoms with Crippen LogP contribution < -0.4 is 0 Å². The lowest BCUT2D eigenvalue weighted by Gasteiger charge is -1.99. The zero-order valence-electron chi connectivity index (χ0n) is 9.17. The smallest absolute Gasteiger partial charge is 0.348 e. The molecule has 84 valence electrons. The van der Waals surface area contributed by atoms with Crippen LogP contribution in [0.4, 0.5) is 0 Å². The molecule has 0 unspecified atom stereocenters. The molecule has 0 radical (unpaired) electrons. The van der Waals surface area contributed by atoms with Crippen LogP contribution in [-0.4, -0.2) is 17.6 Å². The maximum atomic E-state index is 11.3. The monoisotopic (exact) mass is 227 g/mol. The van der Waals surface area contributed by atoms with Gasteiger partial charge in [0.05, 0.1) is 17.9 Å². The van der Waals surface area contributed by atoms with E-state index in [0.717, 1.165) is 0 Å². The van der Waals surface area contributed by atoms with Crippen molar-refractivity contribution in [2.45, 2.75) is 6.92 Å². The molecule has 0 amide bonds. The van der Waals surface area contributed by atoms with Crippen LogP contribution in [-0.2, 0) is 9.53 Å². The van der Waals surface area contributed by atoms with Gasteiger partial charge in [0.2, 0.25) is 0 Å². The van der Waals surface area contributed by atoms with E-state index in [9.17, 15) is 4.79 Å². The predicted octanol–water partition coefficient (Wildman–Crippen LogP) is 1.42. The minimum Gasteiger partial charge on any atom is -0.462 e. The standard InChI is InChI=1S/C12H9N3O2/c1-2-17-12(16)10(7-14)5-11-4-3-9(6-13)8-15-11/h3-5,8H,2H2,1H3/b10-5-. The van der Waals surface area contributed by atoms with E-state index >= 15 is 0 Å². The molecule has 0 aromatic carbocycles. The van der Waals surface area contributed by atoms with Crippen LogP contribution in [0.3, 0.4) is 0 Å². The van der Waals surface area contributed by atoms with E-state index in [1.807, 2.05) is 6.07 Å². The normalized spacial score (nSPS) is 10.2. The topological polar surface area (TPSA) is 86.8 Å². The number of hydrogen-bond acceptors (Lipinski definition) is 5. The van der Waals surface area contributed by atoms with Crippen LogP contribution in [0.15, 0.2) is 23.9 Å². The highest BCUT2D eigenvalue weighted by Crippen LogP contribution is 2.06. The van der Waals surface area contributed by atoms with Gasteiger partial charge in [0, 0.05) is 6.20 Å². The Morgan fingerprint density at radius 3 is 2.76 bits per heavy atom. The Balaban J connectivity index is 2.96. The molecule has 0 N–H and O–H groups in total. The quantitative estimate of drug-likeness (QED) is 0.442. The van der Waals surface area contributed by atoms with Crippen LogP contribution in [0, 0.1) is 22.7 Å². The van der Waals surface area contributed by atoms with E-state index in [2.05, 4.69) is 4.98 Å². The lowest BCUT2D eigenvalue weighted by Crippen LogP contribution is -2.06. The number of esters is 1. The predicted molar refractivity (Wildman–Crippen MR) is 59.2 cm³/mol. The molecule has 0 bridgehead atoms. The zero-order chi connectivity index (χ0) is 12.7. The first kappa shape index (κ1) is 12.4. The maximum absolute atomic E-state index is 11.3. The van der Waals surface area contributed by atoms with Crippen LogP contribution >= 0.6 is 0 Å². The van der Waals surface area contributed by atoms with E-state index in [1.54, 1.807) is 25.1 Å². The van der Waals surface area contributed by atoms with Gasteiger partial charge in [-0.25, -0.2) is 4.79 Å². The summed E-state index contributed by atoms with van der Waals surface area (Å²) in [6.07, 6.45) is 2.69.